The summed E-state index contributed by atoms with van der Waals surface area (Å²) in [5.41, 5.74) is 9.55. The summed E-state index contributed by atoms with van der Waals surface area (Å²) >= 11 is 0. The molecular formula is C25H29N5O. The summed E-state index contributed by atoms with van der Waals surface area (Å²) in [6.07, 6.45) is 3.60. The third kappa shape index (κ3) is 5.41. The number of piperazine rings is 1. The number of carbonyl (C=O) groups excluding carboxylic acids is 1. The van der Waals surface area contributed by atoms with Crippen LogP contribution in [0, 0.1) is 0 Å². The molecule has 2 aromatic carbocycles. The molecule has 31 heavy (non-hydrogen) atoms. The summed E-state index contributed by atoms with van der Waals surface area (Å²) in [5, 5.41) is 0. The van der Waals surface area contributed by atoms with Gasteiger partial charge in [0.05, 0.1) is 5.56 Å². The number of nitrogens with two attached hydrogens (primary N) is 1. The number of amides is 1. The standard InChI is InChI=1S/C25H29N5O/c26-25(31)23-8-4-5-9-24(23)30(20-21-10-12-27-13-11-21)19-16-28-14-17-29(18-15-28)22-6-2-1-3-7-22/h1-13H,14-20H2,(H2,26,31). The highest BCUT2D eigenvalue weighted by atomic mass is 16.1. The number of anilines is 2. The van der Waals surface area contributed by atoms with Gasteiger partial charge < -0.3 is 15.5 Å². The Morgan fingerprint density at radius 2 is 1.58 bits per heavy atom. The van der Waals surface area contributed by atoms with Crippen LogP contribution in [0.4, 0.5) is 11.4 Å². The predicted molar refractivity (Wildman–Crippen MR) is 125 cm³/mol. The van der Waals surface area contributed by atoms with E-state index >= 15 is 0 Å². The van der Waals surface area contributed by atoms with Crippen molar-refractivity contribution < 1.29 is 4.79 Å². The van der Waals surface area contributed by atoms with Crippen molar-refractivity contribution in [2.75, 3.05) is 49.1 Å². The Kier molecular flexibility index (Phi) is 6.79. The topological polar surface area (TPSA) is 65.7 Å². The van der Waals surface area contributed by atoms with Crippen molar-refractivity contribution in [2.24, 2.45) is 5.73 Å². The second-order valence-electron chi connectivity index (χ2n) is 7.82. The van der Waals surface area contributed by atoms with E-state index in [0.717, 1.165) is 50.5 Å². The largest absolute Gasteiger partial charge is 0.369 e. The SMILES string of the molecule is NC(=O)c1ccccc1N(CCN1CCN(c2ccccc2)CC1)Cc1ccncc1. The van der Waals surface area contributed by atoms with Gasteiger partial charge in [-0.05, 0) is 42.0 Å². The van der Waals surface area contributed by atoms with Crippen LogP contribution in [0.1, 0.15) is 15.9 Å². The van der Waals surface area contributed by atoms with Gasteiger partial charge in [-0.2, -0.15) is 0 Å². The highest BCUT2D eigenvalue weighted by Gasteiger charge is 2.20. The first-order chi connectivity index (χ1) is 15.2. The van der Waals surface area contributed by atoms with Crippen LogP contribution in [0.5, 0.6) is 0 Å². The van der Waals surface area contributed by atoms with Crippen molar-refractivity contribution >= 4 is 17.3 Å². The first-order valence-electron chi connectivity index (χ1n) is 10.8. The van der Waals surface area contributed by atoms with E-state index in [-0.39, 0.29) is 0 Å². The summed E-state index contributed by atoms with van der Waals surface area (Å²) in [5.74, 6) is -0.396. The van der Waals surface area contributed by atoms with Crippen LogP contribution in [-0.2, 0) is 6.54 Å². The number of pyridine rings is 1. The Morgan fingerprint density at radius 3 is 2.29 bits per heavy atom. The molecule has 0 radical (unpaired) electrons. The zero-order chi connectivity index (χ0) is 21.5. The van der Waals surface area contributed by atoms with Crippen LogP contribution >= 0.6 is 0 Å². The highest BCUT2D eigenvalue weighted by molar-refractivity contribution is 5.98. The number of aromatic nitrogens is 1. The number of para-hydroxylation sites is 2. The molecule has 6 nitrogen and oxygen atoms in total. The van der Waals surface area contributed by atoms with E-state index in [1.165, 1.54) is 5.69 Å². The molecule has 0 saturated carbocycles. The van der Waals surface area contributed by atoms with Gasteiger partial charge in [-0.1, -0.05) is 30.3 Å². The van der Waals surface area contributed by atoms with E-state index in [4.69, 9.17) is 5.73 Å². The zero-order valence-corrected chi connectivity index (χ0v) is 17.7. The van der Waals surface area contributed by atoms with Crippen molar-refractivity contribution in [1.82, 2.24) is 9.88 Å². The molecule has 4 rings (SSSR count). The van der Waals surface area contributed by atoms with Crippen LogP contribution < -0.4 is 15.5 Å². The molecule has 0 unspecified atom stereocenters. The normalized spacial score (nSPS) is 14.4. The molecule has 1 aliphatic heterocycles. The van der Waals surface area contributed by atoms with E-state index in [0.29, 0.717) is 12.1 Å². The summed E-state index contributed by atoms with van der Waals surface area (Å²) in [7, 11) is 0. The average Bonchev–Trinajstić information content (AvgIpc) is 2.83. The average molecular weight is 416 g/mol. The lowest BCUT2D eigenvalue weighted by Crippen LogP contribution is -2.48. The lowest BCUT2D eigenvalue weighted by Gasteiger charge is -2.37. The Bertz CT molecular complexity index is 971. The third-order valence-electron chi connectivity index (χ3n) is 5.81. The third-order valence-corrected chi connectivity index (χ3v) is 5.81. The van der Waals surface area contributed by atoms with Gasteiger partial charge in [-0.3, -0.25) is 14.7 Å². The molecule has 3 aromatic rings. The van der Waals surface area contributed by atoms with Crippen molar-refractivity contribution in [1.29, 1.82) is 0 Å². The van der Waals surface area contributed by atoms with Crippen molar-refractivity contribution in [3.63, 3.8) is 0 Å². The Labute approximate surface area is 183 Å². The number of rotatable bonds is 8. The monoisotopic (exact) mass is 415 g/mol. The van der Waals surface area contributed by atoms with E-state index in [9.17, 15) is 4.79 Å². The van der Waals surface area contributed by atoms with E-state index in [2.05, 4.69) is 50.0 Å². The maximum absolute atomic E-state index is 12.0. The van der Waals surface area contributed by atoms with Gasteiger partial charge in [-0.15, -0.1) is 0 Å². The second kappa shape index (κ2) is 10.1. The molecule has 1 aliphatic rings. The van der Waals surface area contributed by atoms with Crippen molar-refractivity contribution in [2.45, 2.75) is 6.54 Å². The highest BCUT2D eigenvalue weighted by Crippen LogP contribution is 2.22. The van der Waals surface area contributed by atoms with Gasteiger partial charge in [0.15, 0.2) is 0 Å². The Hall–Kier alpha value is -3.38. The lowest BCUT2D eigenvalue weighted by atomic mass is 10.1. The number of nitrogens with zero attached hydrogens (tertiary/aromatic N) is 4. The molecular weight excluding hydrogens is 386 g/mol. The maximum Gasteiger partial charge on any atom is 0.250 e. The molecule has 1 fully saturated rings. The van der Waals surface area contributed by atoms with Crippen molar-refractivity contribution in [3.05, 3.63) is 90.3 Å². The number of hydrogen-bond donors (Lipinski definition) is 1. The predicted octanol–water partition coefficient (Wildman–Crippen LogP) is 3.01. The minimum Gasteiger partial charge on any atom is -0.369 e. The van der Waals surface area contributed by atoms with Crippen LogP contribution in [0.2, 0.25) is 0 Å². The summed E-state index contributed by atoms with van der Waals surface area (Å²) in [6.45, 7) is 6.54. The molecule has 1 aromatic heterocycles. The molecule has 2 heterocycles. The fourth-order valence-electron chi connectivity index (χ4n) is 4.08. The van der Waals surface area contributed by atoms with Crippen LogP contribution in [0.25, 0.3) is 0 Å². The molecule has 0 atom stereocenters. The maximum atomic E-state index is 12.0. The quantitative estimate of drug-likeness (QED) is 0.613. The summed E-state index contributed by atoms with van der Waals surface area (Å²) < 4.78 is 0. The van der Waals surface area contributed by atoms with E-state index in [1.54, 1.807) is 18.5 Å². The van der Waals surface area contributed by atoms with Gasteiger partial charge in [0.25, 0.3) is 5.91 Å². The molecule has 1 amide bonds. The minimum absolute atomic E-state index is 0.396. The van der Waals surface area contributed by atoms with Crippen molar-refractivity contribution in [3.8, 4) is 0 Å². The van der Waals surface area contributed by atoms with Crippen LogP contribution in [0.15, 0.2) is 79.1 Å². The number of benzene rings is 2. The smallest absolute Gasteiger partial charge is 0.250 e. The number of hydrogen-bond acceptors (Lipinski definition) is 5. The van der Waals surface area contributed by atoms with Gasteiger partial charge in [-0.25, -0.2) is 0 Å². The molecule has 0 aliphatic carbocycles. The van der Waals surface area contributed by atoms with Gasteiger partial charge in [0.1, 0.15) is 0 Å². The molecule has 0 spiro atoms. The van der Waals surface area contributed by atoms with Gasteiger partial charge in [0, 0.05) is 69.6 Å². The minimum atomic E-state index is -0.396. The molecule has 160 valence electrons. The van der Waals surface area contributed by atoms with E-state index in [1.807, 2.05) is 30.3 Å². The molecule has 2 N–H and O–H groups in total. The van der Waals surface area contributed by atoms with E-state index < -0.39 is 5.91 Å². The number of carbonyl (C=O) groups is 1. The Morgan fingerprint density at radius 1 is 0.903 bits per heavy atom. The van der Waals surface area contributed by atoms with Crippen LogP contribution in [0.3, 0.4) is 0 Å². The summed E-state index contributed by atoms with van der Waals surface area (Å²) in [4.78, 5) is 23.3. The zero-order valence-electron chi connectivity index (χ0n) is 17.7. The lowest BCUT2D eigenvalue weighted by molar-refractivity contribution is 0.100. The molecule has 6 heteroatoms. The first-order valence-corrected chi connectivity index (χ1v) is 10.8. The molecule has 1 saturated heterocycles. The van der Waals surface area contributed by atoms with Crippen LogP contribution in [-0.4, -0.2) is 55.1 Å². The summed E-state index contributed by atoms with van der Waals surface area (Å²) in [6, 6.07) is 22.2. The van der Waals surface area contributed by atoms with Gasteiger partial charge in [0.2, 0.25) is 0 Å². The fourth-order valence-corrected chi connectivity index (χ4v) is 4.08. The second-order valence-corrected chi connectivity index (χ2v) is 7.82. The van der Waals surface area contributed by atoms with Gasteiger partial charge >= 0.3 is 0 Å². The number of primary amides is 1. The Balaban J connectivity index is 1.43. The first kappa shape index (κ1) is 20.9. The fraction of sp³-hybridized carbons (Fsp3) is 0.280. The molecule has 0 bridgehead atoms.